The van der Waals surface area contributed by atoms with Crippen LogP contribution < -0.4 is 5.73 Å². The van der Waals surface area contributed by atoms with E-state index in [0.29, 0.717) is 6.04 Å². The molecule has 2 N–H and O–H groups in total. The van der Waals surface area contributed by atoms with Gasteiger partial charge in [0.25, 0.3) is 0 Å². The van der Waals surface area contributed by atoms with E-state index in [1.807, 2.05) is 0 Å². The van der Waals surface area contributed by atoms with Crippen LogP contribution in [0.3, 0.4) is 0 Å². The molecule has 0 aromatic carbocycles. The summed E-state index contributed by atoms with van der Waals surface area (Å²) in [4.78, 5) is 2.57. The molecule has 1 aliphatic heterocycles. The lowest BCUT2D eigenvalue weighted by molar-refractivity contribution is 0.212. The van der Waals surface area contributed by atoms with Gasteiger partial charge in [-0.25, -0.2) is 0 Å². The minimum Gasteiger partial charge on any atom is -0.329 e. The van der Waals surface area contributed by atoms with Gasteiger partial charge in [0.1, 0.15) is 0 Å². The molecule has 0 saturated carbocycles. The smallest absolute Gasteiger partial charge is 0.0220 e. The number of hydrogen-bond acceptors (Lipinski definition) is 2. The molecule has 2 unspecified atom stereocenters. The van der Waals surface area contributed by atoms with Crippen molar-refractivity contribution in [3.8, 4) is 0 Å². The Hall–Kier alpha value is -0.0800. The van der Waals surface area contributed by atoms with Crippen LogP contribution in [0.25, 0.3) is 0 Å². The molecular formula is C11H24N2. The Morgan fingerprint density at radius 1 is 1.46 bits per heavy atom. The first kappa shape index (κ1) is 11.0. The number of nitrogens with zero attached hydrogens (tertiary/aromatic N) is 1. The lowest BCUT2D eigenvalue weighted by Crippen LogP contribution is -2.39. The molecule has 1 saturated heterocycles. The molecule has 0 aliphatic carbocycles. The summed E-state index contributed by atoms with van der Waals surface area (Å²) in [5, 5.41) is 0. The Bertz CT molecular complexity index is 145. The van der Waals surface area contributed by atoms with Gasteiger partial charge in [0.15, 0.2) is 0 Å². The average Bonchev–Trinajstić information content (AvgIpc) is 2.47. The summed E-state index contributed by atoms with van der Waals surface area (Å²) in [6.07, 6.45) is 2.61. The average molecular weight is 184 g/mol. The standard InChI is InChI=1S/C11H24N2/c1-9(2)6-11(7-12)13-5-4-10(3)8-13/h9-11H,4-8,12H2,1-3H3. The first-order valence-corrected chi connectivity index (χ1v) is 5.57. The lowest BCUT2D eigenvalue weighted by atomic mass is 10.0. The van der Waals surface area contributed by atoms with E-state index in [0.717, 1.165) is 18.4 Å². The number of likely N-dealkylation sites (tertiary alicyclic amines) is 1. The van der Waals surface area contributed by atoms with Crippen LogP contribution in [0.4, 0.5) is 0 Å². The summed E-state index contributed by atoms with van der Waals surface area (Å²) in [6.45, 7) is 10.2. The number of hydrogen-bond donors (Lipinski definition) is 1. The Morgan fingerprint density at radius 3 is 2.54 bits per heavy atom. The van der Waals surface area contributed by atoms with Gasteiger partial charge in [0.05, 0.1) is 0 Å². The van der Waals surface area contributed by atoms with Crippen LogP contribution in [0.1, 0.15) is 33.6 Å². The normalized spacial score (nSPS) is 27.0. The van der Waals surface area contributed by atoms with Gasteiger partial charge in [-0.2, -0.15) is 0 Å². The van der Waals surface area contributed by atoms with E-state index >= 15 is 0 Å². The Morgan fingerprint density at radius 2 is 2.15 bits per heavy atom. The second kappa shape index (κ2) is 4.97. The maximum atomic E-state index is 5.80. The number of nitrogens with two attached hydrogens (primary N) is 1. The second-order valence-corrected chi connectivity index (χ2v) is 4.91. The fraction of sp³-hybridized carbons (Fsp3) is 1.00. The third-order valence-corrected chi connectivity index (χ3v) is 2.99. The molecule has 1 rings (SSSR count). The molecule has 0 aromatic heterocycles. The fourth-order valence-electron chi connectivity index (χ4n) is 2.24. The molecule has 0 aromatic rings. The molecule has 0 bridgehead atoms. The first-order valence-electron chi connectivity index (χ1n) is 5.57. The van der Waals surface area contributed by atoms with E-state index in [4.69, 9.17) is 5.73 Å². The molecule has 1 aliphatic rings. The van der Waals surface area contributed by atoms with E-state index in [1.165, 1.54) is 25.9 Å². The van der Waals surface area contributed by atoms with E-state index in [1.54, 1.807) is 0 Å². The van der Waals surface area contributed by atoms with Gasteiger partial charge in [-0.3, -0.25) is 4.90 Å². The molecule has 2 heteroatoms. The molecule has 0 spiro atoms. The summed E-state index contributed by atoms with van der Waals surface area (Å²) < 4.78 is 0. The molecule has 1 heterocycles. The van der Waals surface area contributed by atoms with E-state index < -0.39 is 0 Å². The molecule has 2 nitrogen and oxygen atoms in total. The highest BCUT2D eigenvalue weighted by molar-refractivity contribution is 4.80. The van der Waals surface area contributed by atoms with Gasteiger partial charge in [-0.05, 0) is 31.2 Å². The van der Waals surface area contributed by atoms with Crippen LogP contribution in [0.15, 0.2) is 0 Å². The van der Waals surface area contributed by atoms with Crippen molar-refractivity contribution < 1.29 is 0 Å². The third-order valence-electron chi connectivity index (χ3n) is 2.99. The number of rotatable bonds is 4. The van der Waals surface area contributed by atoms with Crippen molar-refractivity contribution in [2.45, 2.75) is 39.7 Å². The lowest BCUT2D eigenvalue weighted by Gasteiger charge is -2.27. The zero-order valence-corrected chi connectivity index (χ0v) is 9.29. The van der Waals surface area contributed by atoms with Crippen LogP contribution in [0.2, 0.25) is 0 Å². The summed E-state index contributed by atoms with van der Waals surface area (Å²) in [6, 6.07) is 0.630. The van der Waals surface area contributed by atoms with E-state index in [9.17, 15) is 0 Å². The summed E-state index contributed by atoms with van der Waals surface area (Å²) in [5.74, 6) is 1.64. The van der Waals surface area contributed by atoms with Gasteiger partial charge < -0.3 is 5.73 Å². The van der Waals surface area contributed by atoms with Crippen LogP contribution in [0.5, 0.6) is 0 Å². The van der Waals surface area contributed by atoms with Crippen molar-refractivity contribution in [2.75, 3.05) is 19.6 Å². The van der Waals surface area contributed by atoms with Crippen molar-refractivity contribution in [2.24, 2.45) is 17.6 Å². The van der Waals surface area contributed by atoms with Gasteiger partial charge in [-0.15, -0.1) is 0 Å². The highest BCUT2D eigenvalue weighted by atomic mass is 15.2. The minimum absolute atomic E-state index is 0.630. The van der Waals surface area contributed by atoms with Crippen molar-refractivity contribution in [1.29, 1.82) is 0 Å². The van der Waals surface area contributed by atoms with Crippen LogP contribution >= 0.6 is 0 Å². The third kappa shape index (κ3) is 3.28. The van der Waals surface area contributed by atoms with Crippen LogP contribution in [-0.2, 0) is 0 Å². The molecule has 0 radical (unpaired) electrons. The Labute approximate surface area is 82.5 Å². The highest BCUT2D eigenvalue weighted by Gasteiger charge is 2.25. The Balaban J connectivity index is 2.37. The molecule has 0 amide bonds. The Kier molecular flexibility index (Phi) is 4.20. The molecule has 1 fully saturated rings. The molecular weight excluding hydrogens is 160 g/mol. The van der Waals surface area contributed by atoms with E-state index in [-0.39, 0.29) is 0 Å². The maximum absolute atomic E-state index is 5.80. The summed E-state index contributed by atoms with van der Waals surface area (Å²) >= 11 is 0. The zero-order chi connectivity index (χ0) is 9.84. The second-order valence-electron chi connectivity index (χ2n) is 4.91. The van der Waals surface area contributed by atoms with Gasteiger partial charge in [-0.1, -0.05) is 20.8 Å². The molecule has 13 heavy (non-hydrogen) atoms. The van der Waals surface area contributed by atoms with Crippen molar-refractivity contribution in [1.82, 2.24) is 4.90 Å². The van der Waals surface area contributed by atoms with Gasteiger partial charge in [0, 0.05) is 19.1 Å². The van der Waals surface area contributed by atoms with Crippen LogP contribution in [-0.4, -0.2) is 30.6 Å². The maximum Gasteiger partial charge on any atom is 0.0220 e. The SMILES string of the molecule is CC(C)CC(CN)N1CCC(C)C1. The zero-order valence-electron chi connectivity index (χ0n) is 9.29. The monoisotopic (exact) mass is 184 g/mol. The highest BCUT2D eigenvalue weighted by Crippen LogP contribution is 2.20. The first-order chi connectivity index (χ1) is 6.13. The quantitative estimate of drug-likeness (QED) is 0.720. The fourth-order valence-corrected chi connectivity index (χ4v) is 2.24. The van der Waals surface area contributed by atoms with Gasteiger partial charge in [0.2, 0.25) is 0 Å². The molecule has 2 atom stereocenters. The summed E-state index contributed by atoms with van der Waals surface area (Å²) in [5.41, 5.74) is 5.80. The molecule has 78 valence electrons. The van der Waals surface area contributed by atoms with Crippen molar-refractivity contribution in [3.63, 3.8) is 0 Å². The van der Waals surface area contributed by atoms with Crippen molar-refractivity contribution >= 4 is 0 Å². The minimum atomic E-state index is 0.630. The van der Waals surface area contributed by atoms with Crippen LogP contribution in [0, 0.1) is 11.8 Å². The predicted molar refractivity (Wildman–Crippen MR) is 57.7 cm³/mol. The summed E-state index contributed by atoms with van der Waals surface area (Å²) in [7, 11) is 0. The van der Waals surface area contributed by atoms with Crippen molar-refractivity contribution in [3.05, 3.63) is 0 Å². The van der Waals surface area contributed by atoms with E-state index in [2.05, 4.69) is 25.7 Å². The topological polar surface area (TPSA) is 29.3 Å². The van der Waals surface area contributed by atoms with Gasteiger partial charge >= 0.3 is 0 Å². The largest absolute Gasteiger partial charge is 0.329 e. The predicted octanol–water partition coefficient (Wildman–Crippen LogP) is 1.70.